The smallest absolute Gasteiger partial charge is 0.222 e. The number of anilines is 1. The Hall–Kier alpha value is -2.10. The fraction of sp³-hybridized carbons (Fsp3) is 0.412. The second-order valence-corrected chi connectivity index (χ2v) is 6.10. The molecular weight excluding hydrogens is 262 g/mol. The molecule has 0 aliphatic carbocycles. The summed E-state index contributed by atoms with van der Waals surface area (Å²) in [5.74, 6) is 2.24. The summed E-state index contributed by atoms with van der Waals surface area (Å²) in [5.41, 5.74) is 1.93. The predicted molar refractivity (Wildman–Crippen MR) is 85.8 cm³/mol. The molecule has 0 amide bonds. The molecule has 0 saturated heterocycles. The summed E-state index contributed by atoms with van der Waals surface area (Å²) in [6.45, 7) is 8.76. The van der Waals surface area contributed by atoms with Gasteiger partial charge in [-0.3, -0.25) is 0 Å². The molecule has 0 radical (unpaired) electrons. The fourth-order valence-electron chi connectivity index (χ4n) is 1.94. The molecular formula is C17H23N3O. The lowest BCUT2D eigenvalue weighted by molar-refractivity contribution is 0.288. The number of hydrogen-bond acceptors (Lipinski definition) is 4. The first kappa shape index (κ1) is 15.3. The van der Waals surface area contributed by atoms with Crippen LogP contribution in [0.4, 0.5) is 5.82 Å². The topological polar surface area (TPSA) is 47.0 Å². The van der Waals surface area contributed by atoms with Crippen LogP contribution < -0.4 is 10.1 Å². The van der Waals surface area contributed by atoms with E-state index in [1.54, 1.807) is 0 Å². The number of aromatic nitrogens is 2. The van der Waals surface area contributed by atoms with Crippen LogP contribution in [0.1, 0.15) is 37.7 Å². The van der Waals surface area contributed by atoms with Crippen molar-refractivity contribution in [2.24, 2.45) is 0 Å². The van der Waals surface area contributed by atoms with Crippen molar-refractivity contribution in [2.75, 3.05) is 12.4 Å². The fourth-order valence-corrected chi connectivity index (χ4v) is 1.94. The van der Waals surface area contributed by atoms with Crippen LogP contribution in [0.5, 0.6) is 5.88 Å². The lowest BCUT2D eigenvalue weighted by Crippen LogP contribution is -2.18. The van der Waals surface area contributed by atoms with E-state index in [9.17, 15) is 0 Å². The summed E-state index contributed by atoms with van der Waals surface area (Å²) in [4.78, 5) is 9.17. The van der Waals surface area contributed by atoms with Crippen molar-refractivity contribution in [2.45, 2.75) is 39.7 Å². The van der Waals surface area contributed by atoms with E-state index < -0.39 is 0 Å². The molecule has 0 bridgehead atoms. The van der Waals surface area contributed by atoms with Crippen LogP contribution in [0.3, 0.4) is 0 Å². The second kappa shape index (κ2) is 6.12. The van der Waals surface area contributed by atoms with Gasteiger partial charge in [0, 0.05) is 12.5 Å². The number of ether oxygens (including phenoxy) is 1. The van der Waals surface area contributed by atoms with E-state index in [-0.39, 0.29) is 5.41 Å². The Bertz CT molecular complexity index is 603. The van der Waals surface area contributed by atoms with Crippen LogP contribution in [-0.4, -0.2) is 17.0 Å². The second-order valence-electron chi connectivity index (χ2n) is 6.10. The van der Waals surface area contributed by atoms with E-state index in [1.807, 2.05) is 44.3 Å². The third-order valence-electron chi connectivity index (χ3n) is 3.23. The van der Waals surface area contributed by atoms with Crippen molar-refractivity contribution in [3.05, 3.63) is 47.3 Å². The van der Waals surface area contributed by atoms with E-state index in [4.69, 9.17) is 4.74 Å². The van der Waals surface area contributed by atoms with Crippen molar-refractivity contribution in [1.29, 1.82) is 0 Å². The van der Waals surface area contributed by atoms with Crippen LogP contribution in [0.2, 0.25) is 0 Å². The molecule has 0 saturated carbocycles. The van der Waals surface area contributed by atoms with Crippen LogP contribution in [-0.2, 0) is 12.0 Å². The maximum Gasteiger partial charge on any atom is 0.222 e. The minimum atomic E-state index is -0.121. The third-order valence-corrected chi connectivity index (χ3v) is 3.23. The number of nitrogens with zero attached hydrogens (tertiary/aromatic N) is 2. The number of benzene rings is 1. The number of nitrogens with one attached hydrogen (secondary N) is 1. The molecule has 0 aliphatic rings. The van der Waals surface area contributed by atoms with E-state index in [0.717, 1.165) is 22.8 Å². The molecule has 2 aromatic rings. The van der Waals surface area contributed by atoms with Gasteiger partial charge in [0.15, 0.2) is 0 Å². The van der Waals surface area contributed by atoms with Crippen molar-refractivity contribution in [3.63, 3.8) is 0 Å². The van der Waals surface area contributed by atoms with Gasteiger partial charge < -0.3 is 10.1 Å². The average Bonchev–Trinajstić information content (AvgIpc) is 2.46. The van der Waals surface area contributed by atoms with Crippen molar-refractivity contribution >= 4 is 5.82 Å². The van der Waals surface area contributed by atoms with Gasteiger partial charge in [-0.1, -0.05) is 51.1 Å². The Morgan fingerprint density at radius 3 is 2.33 bits per heavy atom. The first-order valence-corrected chi connectivity index (χ1v) is 7.15. The summed E-state index contributed by atoms with van der Waals surface area (Å²) in [5, 5.41) is 3.12. The highest BCUT2D eigenvalue weighted by molar-refractivity contribution is 5.48. The summed E-state index contributed by atoms with van der Waals surface area (Å²) in [6.07, 6.45) is 0. The van der Waals surface area contributed by atoms with E-state index in [1.165, 1.54) is 0 Å². The highest BCUT2D eigenvalue weighted by Gasteiger charge is 2.21. The zero-order chi connectivity index (χ0) is 15.5. The summed E-state index contributed by atoms with van der Waals surface area (Å²) < 4.78 is 5.91. The van der Waals surface area contributed by atoms with Crippen LogP contribution in [0.25, 0.3) is 0 Å². The summed E-state index contributed by atoms with van der Waals surface area (Å²) in [6, 6.07) is 10.1. The van der Waals surface area contributed by atoms with Crippen LogP contribution >= 0.6 is 0 Å². The Balaban J connectivity index is 2.29. The molecule has 0 atom stereocenters. The van der Waals surface area contributed by atoms with Crippen molar-refractivity contribution < 1.29 is 4.74 Å². The molecule has 4 heteroatoms. The molecule has 112 valence electrons. The Morgan fingerprint density at radius 1 is 1.10 bits per heavy atom. The lowest BCUT2D eigenvalue weighted by atomic mass is 9.95. The van der Waals surface area contributed by atoms with Gasteiger partial charge in [0.2, 0.25) is 5.88 Å². The van der Waals surface area contributed by atoms with Gasteiger partial charge in [-0.25, -0.2) is 4.98 Å². The number of hydrogen-bond donors (Lipinski definition) is 1. The average molecular weight is 285 g/mol. The van der Waals surface area contributed by atoms with Gasteiger partial charge in [-0.15, -0.1) is 0 Å². The SMILES string of the molecule is CNc1nc(C(C)(C)C)nc(OCc2ccccc2)c1C. The molecule has 4 nitrogen and oxygen atoms in total. The zero-order valence-electron chi connectivity index (χ0n) is 13.4. The minimum absolute atomic E-state index is 0.121. The predicted octanol–water partition coefficient (Wildman–Crippen LogP) is 3.70. The molecule has 1 heterocycles. The molecule has 0 fully saturated rings. The summed E-state index contributed by atoms with van der Waals surface area (Å²) in [7, 11) is 1.86. The maximum absolute atomic E-state index is 5.91. The van der Waals surface area contributed by atoms with Gasteiger partial charge in [0.1, 0.15) is 18.2 Å². The molecule has 0 unspecified atom stereocenters. The first-order valence-electron chi connectivity index (χ1n) is 7.15. The highest BCUT2D eigenvalue weighted by atomic mass is 16.5. The maximum atomic E-state index is 5.91. The molecule has 0 aliphatic heterocycles. The largest absolute Gasteiger partial charge is 0.472 e. The Morgan fingerprint density at radius 2 is 1.76 bits per heavy atom. The number of rotatable bonds is 4. The van der Waals surface area contributed by atoms with Crippen LogP contribution in [0, 0.1) is 6.92 Å². The standard InChI is InChI=1S/C17H23N3O/c1-12-14(18-5)19-16(17(2,3)4)20-15(12)21-11-13-9-7-6-8-10-13/h6-10H,11H2,1-5H3,(H,18,19,20). The van der Waals surface area contributed by atoms with Gasteiger partial charge in [0.25, 0.3) is 0 Å². The van der Waals surface area contributed by atoms with E-state index in [2.05, 4.69) is 36.1 Å². The van der Waals surface area contributed by atoms with Gasteiger partial charge in [-0.05, 0) is 12.5 Å². The Kier molecular flexibility index (Phi) is 4.46. The van der Waals surface area contributed by atoms with Gasteiger partial charge >= 0.3 is 0 Å². The monoisotopic (exact) mass is 285 g/mol. The normalized spacial score (nSPS) is 11.3. The molecule has 1 N–H and O–H groups in total. The molecule has 2 rings (SSSR count). The van der Waals surface area contributed by atoms with Crippen LogP contribution in [0.15, 0.2) is 30.3 Å². The quantitative estimate of drug-likeness (QED) is 0.930. The minimum Gasteiger partial charge on any atom is -0.472 e. The molecule has 0 spiro atoms. The third kappa shape index (κ3) is 3.72. The van der Waals surface area contributed by atoms with E-state index in [0.29, 0.717) is 12.5 Å². The first-order chi connectivity index (χ1) is 9.91. The molecule has 21 heavy (non-hydrogen) atoms. The molecule has 1 aromatic heterocycles. The van der Waals surface area contributed by atoms with Crippen molar-refractivity contribution in [3.8, 4) is 5.88 Å². The molecule has 1 aromatic carbocycles. The van der Waals surface area contributed by atoms with Gasteiger partial charge in [0.05, 0.1) is 5.56 Å². The highest BCUT2D eigenvalue weighted by Crippen LogP contribution is 2.27. The zero-order valence-corrected chi connectivity index (χ0v) is 13.4. The Labute approximate surface area is 126 Å². The van der Waals surface area contributed by atoms with E-state index >= 15 is 0 Å². The lowest BCUT2D eigenvalue weighted by Gasteiger charge is -2.20. The van der Waals surface area contributed by atoms with Gasteiger partial charge in [-0.2, -0.15) is 4.98 Å². The summed E-state index contributed by atoms with van der Waals surface area (Å²) >= 11 is 0. The van der Waals surface area contributed by atoms with Crippen molar-refractivity contribution in [1.82, 2.24) is 9.97 Å².